The lowest BCUT2D eigenvalue weighted by Crippen LogP contribution is -2.18. The molecule has 1 amide bonds. The van der Waals surface area contributed by atoms with Crippen LogP contribution < -0.4 is 14.9 Å². The quantitative estimate of drug-likeness (QED) is 0.659. The number of rotatable bonds is 6. The Morgan fingerprint density at radius 1 is 1.18 bits per heavy atom. The van der Waals surface area contributed by atoms with Crippen LogP contribution in [0, 0.1) is 0 Å². The average molecular weight is 298 g/mol. The fourth-order valence-corrected chi connectivity index (χ4v) is 1.85. The highest BCUT2D eigenvalue weighted by molar-refractivity contribution is 5.97. The van der Waals surface area contributed by atoms with Crippen LogP contribution in [0.2, 0.25) is 0 Å². The van der Waals surface area contributed by atoms with Gasteiger partial charge in [-0.15, -0.1) is 0 Å². The Bertz CT molecular complexity index is 651. The number of nitrogens with zero attached hydrogens (tertiary/aromatic N) is 1. The van der Waals surface area contributed by atoms with Crippen molar-refractivity contribution in [2.45, 2.75) is 6.92 Å². The van der Waals surface area contributed by atoms with Crippen LogP contribution in [-0.4, -0.2) is 25.8 Å². The lowest BCUT2D eigenvalue weighted by molar-refractivity contribution is 0.0951. The first-order valence-corrected chi connectivity index (χ1v) is 6.94. The van der Waals surface area contributed by atoms with Gasteiger partial charge in [-0.2, -0.15) is 5.10 Å². The number of carbonyl (C=O) groups is 1. The first kappa shape index (κ1) is 15.6. The number of para-hydroxylation sites is 1. The number of amides is 1. The Hall–Kier alpha value is -2.82. The fraction of sp³-hybridized carbons (Fsp3) is 0.176. The summed E-state index contributed by atoms with van der Waals surface area (Å²) in [6.45, 7) is 2.37. The lowest BCUT2D eigenvalue weighted by atomic mass is 10.2. The number of methoxy groups -OCH3 is 1. The summed E-state index contributed by atoms with van der Waals surface area (Å²) in [6.07, 6.45) is 1.57. The first-order valence-electron chi connectivity index (χ1n) is 6.94. The van der Waals surface area contributed by atoms with Crippen molar-refractivity contribution in [1.29, 1.82) is 0 Å². The zero-order valence-corrected chi connectivity index (χ0v) is 12.6. The maximum absolute atomic E-state index is 12.1. The van der Waals surface area contributed by atoms with Gasteiger partial charge in [-0.1, -0.05) is 12.1 Å². The highest BCUT2D eigenvalue weighted by Gasteiger charge is 2.10. The van der Waals surface area contributed by atoms with Gasteiger partial charge in [0.15, 0.2) is 0 Å². The normalized spacial score (nSPS) is 10.5. The van der Waals surface area contributed by atoms with Crippen molar-refractivity contribution in [2.24, 2.45) is 5.10 Å². The maximum atomic E-state index is 12.1. The molecule has 1 N–H and O–H groups in total. The number of nitrogens with one attached hydrogen (secondary N) is 1. The molecule has 114 valence electrons. The zero-order valence-electron chi connectivity index (χ0n) is 12.6. The Morgan fingerprint density at radius 2 is 1.91 bits per heavy atom. The molecular weight excluding hydrogens is 280 g/mol. The third-order valence-electron chi connectivity index (χ3n) is 2.93. The molecule has 0 fully saturated rings. The van der Waals surface area contributed by atoms with Crippen LogP contribution in [0.4, 0.5) is 0 Å². The largest absolute Gasteiger partial charge is 0.497 e. The van der Waals surface area contributed by atoms with Crippen LogP contribution in [0.15, 0.2) is 53.6 Å². The predicted molar refractivity (Wildman–Crippen MR) is 85.7 cm³/mol. The number of carbonyl (C=O) groups excluding carboxylic acids is 1. The molecule has 0 aliphatic carbocycles. The highest BCUT2D eigenvalue weighted by Crippen LogP contribution is 2.17. The Kier molecular flexibility index (Phi) is 5.54. The first-order chi connectivity index (χ1) is 10.7. The van der Waals surface area contributed by atoms with Crippen molar-refractivity contribution in [3.8, 4) is 11.5 Å². The summed E-state index contributed by atoms with van der Waals surface area (Å²) < 4.78 is 10.5. The maximum Gasteiger partial charge on any atom is 0.275 e. The van der Waals surface area contributed by atoms with Gasteiger partial charge < -0.3 is 9.47 Å². The van der Waals surface area contributed by atoms with Crippen molar-refractivity contribution in [1.82, 2.24) is 5.43 Å². The van der Waals surface area contributed by atoms with Crippen molar-refractivity contribution in [3.05, 3.63) is 59.7 Å². The molecule has 0 spiro atoms. The standard InChI is InChI=1S/C17H18N2O3/c1-3-22-16-7-5-4-6-15(16)17(20)19-18-12-13-8-10-14(21-2)11-9-13/h4-12H,3H2,1-2H3,(H,19,20)/b18-12+. The second-order valence-electron chi connectivity index (χ2n) is 4.40. The molecule has 0 saturated carbocycles. The second kappa shape index (κ2) is 7.83. The lowest BCUT2D eigenvalue weighted by Gasteiger charge is -2.08. The van der Waals surface area contributed by atoms with E-state index in [9.17, 15) is 4.79 Å². The van der Waals surface area contributed by atoms with E-state index in [0.29, 0.717) is 17.9 Å². The van der Waals surface area contributed by atoms with Gasteiger partial charge in [0, 0.05) is 0 Å². The van der Waals surface area contributed by atoms with Crippen molar-refractivity contribution in [2.75, 3.05) is 13.7 Å². The Labute approximate surface area is 129 Å². The summed E-state index contributed by atoms with van der Waals surface area (Å²) in [5.41, 5.74) is 3.81. The molecular formula is C17H18N2O3. The van der Waals surface area contributed by atoms with E-state index in [2.05, 4.69) is 10.5 Å². The van der Waals surface area contributed by atoms with Gasteiger partial charge >= 0.3 is 0 Å². The summed E-state index contributed by atoms with van der Waals surface area (Å²) in [5.74, 6) is 1.00. The molecule has 0 atom stereocenters. The number of hydrogen-bond acceptors (Lipinski definition) is 4. The van der Waals surface area contributed by atoms with E-state index in [1.54, 1.807) is 31.5 Å². The zero-order chi connectivity index (χ0) is 15.8. The van der Waals surface area contributed by atoms with Crippen molar-refractivity contribution >= 4 is 12.1 Å². The predicted octanol–water partition coefficient (Wildman–Crippen LogP) is 2.86. The molecule has 0 aliphatic rings. The molecule has 22 heavy (non-hydrogen) atoms. The monoisotopic (exact) mass is 298 g/mol. The van der Waals surface area contributed by atoms with E-state index in [1.807, 2.05) is 37.3 Å². The molecule has 0 unspecified atom stereocenters. The molecule has 0 saturated heterocycles. The number of ether oxygens (including phenoxy) is 2. The SMILES string of the molecule is CCOc1ccccc1C(=O)N/N=C/c1ccc(OC)cc1. The average Bonchev–Trinajstić information content (AvgIpc) is 2.56. The molecule has 2 aromatic carbocycles. The van der Waals surface area contributed by atoms with E-state index >= 15 is 0 Å². The van der Waals surface area contributed by atoms with Gasteiger partial charge in [0.2, 0.25) is 0 Å². The third kappa shape index (κ3) is 4.09. The Balaban J connectivity index is 2.01. The molecule has 5 nitrogen and oxygen atoms in total. The van der Waals surface area contributed by atoms with E-state index < -0.39 is 0 Å². The molecule has 0 aliphatic heterocycles. The smallest absolute Gasteiger partial charge is 0.275 e. The van der Waals surface area contributed by atoms with Gasteiger partial charge in [-0.25, -0.2) is 5.43 Å². The van der Waals surface area contributed by atoms with Crippen LogP contribution in [0.1, 0.15) is 22.8 Å². The molecule has 0 heterocycles. The molecule has 2 aromatic rings. The summed E-state index contributed by atoms with van der Waals surface area (Å²) in [4.78, 5) is 12.1. The molecule has 0 radical (unpaired) electrons. The minimum atomic E-state index is -0.311. The Morgan fingerprint density at radius 3 is 2.59 bits per heavy atom. The molecule has 2 rings (SSSR count). The van der Waals surface area contributed by atoms with Crippen LogP contribution in [0.3, 0.4) is 0 Å². The van der Waals surface area contributed by atoms with Crippen molar-refractivity contribution < 1.29 is 14.3 Å². The molecule has 5 heteroatoms. The third-order valence-corrected chi connectivity index (χ3v) is 2.93. The minimum Gasteiger partial charge on any atom is -0.497 e. The van der Waals surface area contributed by atoms with Gasteiger partial charge in [0.25, 0.3) is 5.91 Å². The topological polar surface area (TPSA) is 59.9 Å². The van der Waals surface area contributed by atoms with Gasteiger partial charge in [-0.05, 0) is 48.9 Å². The van der Waals surface area contributed by atoms with Crippen LogP contribution in [0.5, 0.6) is 11.5 Å². The van der Waals surface area contributed by atoms with Gasteiger partial charge in [0.05, 0.1) is 25.5 Å². The van der Waals surface area contributed by atoms with E-state index in [-0.39, 0.29) is 5.91 Å². The summed E-state index contributed by atoms with van der Waals surface area (Å²) in [6, 6.07) is 14.4. The number of benzene rings is 2. The highest BCUT2D eigenvalue weighted by atomic mass is 16.5. The number of hydrazone groups is 1. The molecule has 0 bridgehead atoms. The van der Waals surface area contributed by atoms with Crippen LogP contribution >= 0.6 is 0 Å². The summed E-state index contributed by atoms with van der Waals surface area (Å²) in [5, 5.41) is 3.95. The van der Waals surface area contributed by atoms with Crippen molar-refractivity contribution in [3.63, 3.8) is 0 Å². The summed E-state index contributed by atoms with van der Waals surface area (Å²) in [7, 11) is 1.61. The van der Waals surface area contributed by atoms with Gasteiger partial charge in [0.1, 0.15) is 11.5 Å². The number of hydrogen-bond donors (Lipinski definition) is 1. The van der Waals surface area contributed by atoms with E-state index in [4.69, 9.17) is 9.47 Å². The van der Waals surface area contributed by atoms with Gasteiger partial charge in [-0.3, -0.25) is 4.79 Å². The van der Waals surface area contributed by atoms with Crippen LogP contribution in [-0.2, 0) is 0 Å². The van der Waals surface area contributed by atoms with E-state index in [1.165, 1.54) is 0 Å². The minimum absolute atomic E-state index is 0.311. The summed E-state index contributed by atoms with van der Waals surface area (Å²) >= 11 is 0. The second-order valence-corrected chi connectivity index (χ2v) is 4.40. The fourth-order valence-electron chi connectivity index (χ4n) is 1.85. The molecule has 0 aromatic heterocycles. The van der Waals surface area contributed by atoms with E-state index in [0.717, 1.165) is 11.3 Å². The van der Waals surface area contributed by atoms with Crippen LogP contribution in [0.25, 0.3) is 0 Å².